The molecule has 0 aliphatic carbocycles. The van der Waals surface area contributed by atoms with Crippen molar-refractivity contribution in [3.8, 4) is 0 Å². The molecule has 316 valence electrons. The summed E-state index contributed by atoms with van der Waals surface area (Å²) in [6.07, 6.45) is 51.9. The number of hydrogen-bond acceptors (Lipinski definition) is 5. The van der Waals surface area contributed by atoms with Gasteiger partial charge in [-0.25, -0.2) is 0 Å². The van der Waals surface area contributed by atoms with Crippen molar-refractivity contribution in [1.82, 2.24) is 0 Å². The van der Waals surface area contributed by atoms with Crippen LogP contribution in [0, 0.1) is 0 Å². The zero-order valence-corrected chi connectivity index (χ0v) is 36.1. The van der Waals surface area contributed by atoms with E-state index in [-0.39, 0.29) is 25.2 Å². The van der Waals surface area contributed by atoms with Crippen LogP contribution in [0.15, 0.2) is 0 Å². The van der Waals surface area contributed by atoms with E-state index in [4.69, 9.17) is 9.47 Å². The fourth-order valence-electron chi connectivity index (χ4n) is 7.50. The fourth-order valence-corrected chi connectivity index (χ4v) is 7.50. The predicted octanol–water partition coefficient (Wildman–Crippen LogP) is 15.5. The first-order chi connectivity index (χ1) is 26.1. The second-order valence-electron chi connectivity index (χ2n) is 16.6. The monoisotopic (exact) mass is 751 g/mol. The highest BCUT2D eigenvalue weighted by molar-refractivity contribution is 5.70. The van der Waals surface area contributed by atoms with Crippen molar-refractivity contribution in [2.24, 2.45) is 0 Å². The summed E-state index contributed by atoms with van der Waals surface area (Å²) in [6.45, 7) is 4.19. The maximum Gasteiger partial charge on any atom is 0.306 e. The van der Waals surface area contributed by atoms with E-state index in [9.17, 15) is 14.7 Å². The number of esters is 2. The molecule has 0 heterocycles. The molecule has 0 radical (unpaired) electrons. The Hall–Kier alpha value is -1.10. The van der Waals surface area contributed by atoms with Gasteiger partial charge in [0.25, 0.3) is 0 Å². The normalized spacial score (nSPS) is 12.0. The van der Waals surface area contributed by atoms with E-state index in [1.807, 2.05) is 0 Å². The average Bonchev–Trinajstić information content (AvgIpc) is 3.16. The third-order valence-corrected chi connectivity index (χ3v) is 11.2. The summed E-state index contributed by atoms with van der Waals surface area (Å²) in [6, 6.07) is 0. The van der Waals surface area contributed by atoms with Gasteiger partial charge in [-0.3, -0.25) is 9.59 Å². The van der Waals surface area contributed by atoms with Gasteiger partial charge in [0.2, 0.25) is 0 Å². The minimum absolute atomic E-state index is 0.0563. The molecule has 0 saturated heterocycles. The molecule has 0 saturated carbocycles. The van der Waals surface area contributed by atoms with Crippen molar-refractivity contribution < 1.29 is 24.2 Å². The molecular formula is C48H94O5. The van der Waals surface area contributed by atoms with Gasteiger partial charge in [0.05, 0.1) is 6.61 Å². The Morgan fingerprint density at radius 2 is 0.585 bits per heavy atom. The second-order valence-corrected chi connectivity index (χ2v) is 16.6. The van der Waals surface area contributed by atoms with E-state index in [0.717, 1.165) is 32.1 Å². The van der Waals surface area contributed by atoms with Gasteiger partial charge >= 0.3 is 11.9 Å². The van der Waals surface area contributed by atoms with Crippen molar-refractivity contribution in [3.63, 3.8) is 0 Å². The van der Waals surface area contributed by atoms with Gasteiger partial charge in [-0.05, 0) is 12.8 Å². The van der Waals surface area contributed by atoms with Gasteiger partial charge in [-0.2, -0.15) is 0 Å². The Balaban J connectivity index is 3.42. The minimum Gasteiger partial charge on any atom is -0.462 e. The van der Waals surface area contributed by atoms with Gasteiger partial charge in [-0.1, -0.05) is 251 Å². The number of ether oxygens (including phenoxy) is 2. The lowest BCUT2D eigenvalue weighted by molar-refractivity contribution is -0.161. The quantitative estimate of drug-likeness (QED) is 0.0495. The highest BCUT2D eigenvalue weighted by atomic mass is 16.6. The first-order valence-corrected chi connectivity index (χ1v) is 24.1. The summed E-state index contributed by atoms with van der Waals surface area (Å²) in [5.74, 6) is -0.569. The Morgan fingerprint density at radius 3 is 0.830 bits per heavy atom. The van der Waals surface area contributed by atoms with Gasteiger partial charge < -0.3 is 14.6 Å². The SMILES string of the molecule is CCCCCCCCCCCCCCCCCCCCCCCCCCC(=O)OC(CO)COC(=O)CCCCCCCCCCCCCCCCC. The lowest BCUT2D eigenvalue weighted by Gasteiger charge is -2.15. The molecule has 0 aromatic carbocycles. The number of unbranched alkanes of at least 4 members (excludes halogenated alkanes) is 37. The van der Waals surface area contributed by atoms with Gasteiger partial charge in [-0.15, -0.1) is 0 Å². The molecule has 0 rings (SSSR count). The van der Waals surface area contributed by atoms with Crippen LogP contribution in [0.25, 0.3) is 0 Å². The summed E-state index contributed by atoms with van der Waals surface area (Å²) in [4.78, 5) is 24.4. The molecule has 0 aromatic rings. The minimum atomic E-state index is -0.762. The number of aliphatic hydroxyl groups is 1. The summed E-state index contributed by atoms with van der Waals surface area (Å²) in [5, 5.41) is 9.60. The van der Waals surface area contributed by atoms with E-state index in [2.05, 4.69) is 13.8 Å². The molecule has 0 aromatic heterocycles. The Morgan fingerprint density at radius 1 is 0.358 bits per heavy atom. The van der Waals surface area contributed by atoms with E-state index in [1.165, 1.54) is 218 Å². The molecule has 1 N–H and O–H groups in total. The third-order valence-electron chi connectivity index (χ3n) is 11.2. The number of carbonyl (C=O) groups is 2. The van der Waals surface area contributed by atoms with Crippen LogP contribution in [0.3, 0.4) is 0 Å². The van der Waals surface area contributed by atoms with Crippen LogP contribution in [-0.2, 0) is 19.1 Å². The van der Waals surface area contributed by atoms with Crippen LogP contribution in [0.5, 0.6) is 0 Å². The summed E-state index contributed by atoms with van der Waals surface area (Å²) < 4.78 is 10.7. The molecular weight excluding hydrogens is 657 g/mol. The molecule has 0 fully saturated rings. The highest BCUT2D eigenvalue weighted by Crippen LogP contribution is 2.17. The summed E-state index contributed by atoms with van der Waals surface area (Å²) in [7, 11) is 0. The standard InChI is InChI=1S/C48H94O5/c1-3-5-7-9-11-13-15-17-19-20-21-22-23-24-25-26-27-29-31-33-35-37-39-41-43-48(51)53-46(44-49)45-52-47(50)42-40-38-36-34-32-30-28-18-16-14-12-10-8-6-4-2/h46,49H,3-45H2,1-2H3. The van der Waals surface area contributed by atoms with Crippen LogP contribution in [0.2, 0.25) is 0 Å². The van der Waals surface area contributed by atoms with Crippen LogP contribution < -0.4 is 0 Å². The highest BCUT2D eigenvalue weighted by Gasteiger charge is 2.16. The first kappa shape index (κ1) is 51.9. The number of aliphatic hydroxyl groups excluding tert-OH is 1. The second kappa shape index (κ2) is 45.3. The number of carbonyl (C=O) groups excluding carboxylic acids is 2. The van der Waals surface area contributed by atoms with Crippen molar-refractivity contribution in [1.29, 1.82) is 0 Å². The van der Waals surface area contributed by atoms with Crippen LogP contribution in [0.1, 0.15) is 277 Å². The predicted molar refractivity (Wildman–Crippen MR) is 229 cm³/mol. The Labute approximate surface area is 331 Å². The van der Waals surface area contributed by atoms with E-state index >= 15 is 0 Å². The van der Waals surface area contributed by atoms with Gasteiger partial charge in [0.15, 0.2) is 6.10 Å². The maximum atomic E-state index is 12.2. The van der Waals surface area contributed by atoms with Crippen LogP contribution in [0.4, 0.5) is 0 Å². The van der Waals surface area contributed by atoms with Crippen LogP contribution in [-0.4, -0.2) is 36.4 Å². The lowest BCUT2D eigenvalue weighted by Crippen LogP contribution is -2.28. The summed E-state index contributed by atoms with van der Waals surface area (Å²) >= 11 is 0. The molecule has 1 unspecified atom stereocenters. The molecule has 0 aliphatic heterocycles. The molecule has 1 atom stereocenters. The lowest BCUT2D eigenvalue weighted by atomic mass is 10.0. The molecule has 5 heteroatoms. The molecule has 0 aliphatic rings. The molecule has 0 bridgehead atoms. The van der Waals surface area contributed by atoms with E-state index < -0.39 is 6.10 Å². The topological polar surface area (TPSA) is 72.8 Å². The number of hydrogen-bond donors (Lipinski definition) is 1. The molecule has 53 heavy (non-hydrogen) atoms. The molecule has 0 amide bonds. The van der Waals surface area contributed by atoms with Crippen molar-refractivity contribution >= 4 is 11.9 Å². The molecule has 5 nitrogen and oxygen atoms in total. The Bertz CT molecular complexity index is 725. The van der Waals surface area contributed by atoms with Crippen molar-refractivity contribution in [2.45, 2.75) is 283 Å². The van der Waals surface area contributed by atoms with Gasteiger partial charge in [0.1, 0.15) is 6.61 Å². The third kappa shape index (κ3) is 43.5. The first-order valence-electron chi connectivity index (χ1n) is 24.1. The Kier molecular flexibility index (Phi) is 44.4. The summed E-state index contributed by atoms with van der Waals surface area (Å²) in [5.41, 5.74) is 0. The fraction of sp³-hybridized carbons (Fsp3) is 0.958. The zero-order chi connectivity index (χ0) is 38.6. The zero-order valence-electron chi connectivity index (χ0n) is 36.1. The smallest absolute Gasteiger partial charge is 0.306 e. The van der Waals surface area contributed by atoms with E-state index in [0.29, 0.717) is 12.8 Å². The van der Waals surface area contributed by atoms with Crippen molar-refractivity contribution in [3.05, 3.63) is 0 Å². The largest absolute Gasteiger partial charge is 0.462 e. The number of rotatable bonds is 45. The van der Waals surface area contributed by atoms with Crippen LogP contribution >= 0.6 is 0 Å². The maximum absolute atomic E-state index is 12.2. The average molecular weight is 751 g/mol. The van der Waals surface area contributed by atoms with Gasteiger partial charge in [0, 0.05) is 12.8 Å². The van der Waals surface area contributed by atoms with E-state index in [1.54, 1.807) is 0 Å². The molecule has 0 spiro atoms. The van der Waals surface area contributed by atoms with Crippen molar-refractivity contribution in [2.75, 3.05) is 13.2 Å².